The van der Waals surface area contributed by atoms with Crippen molar-refractivity contribution in [3.63, 3.8) is 0 Å². The average molecular weight is 364 g/mol. The van der Waals surface area contributed by atoms with E-state index in [9.17, 15) is 4.79 Å². The van der Waals surface area contributed by atoms with E-state index in [-0.39, 0.29) is 30.7 Å². The summed E-state index contributed by atoms with van der Waals surface area (Å²) in [5, 5.41) is 11.5. The Balaban J connectivity index is 0.00000132. The van der Waals surface area contributed by atoms with Gasteiger partial charge in [-0.15, -0.1) is 35.0 Å². The predicted molar refractivity (Wildman–Crippen MR) is 93.9 cm³/mol. The fourth-order valence-corrected chi connectivity index (χ4v) is 3.42. The second-order valence-electron chi connectivity index (χ2n) is 6.39. The van der Waals surface area contributed by atoms with Crippen molar-refractivity contribution in [2.75, 3.05) is 0 Å². The molecule has 0 spiro atoms. The van der Waals surface area contributed by atoms with Crippen LogP contribution < -0.4 is 11.1 Å². The lowest BCUT2D eigenvalue weighted by Crippen LogP contribution is -2.54. The third kappa shape index (κ3) is 4.58. The number of carbonyl (C=O) groups is 1. The molecule has 1 aromatic rings. The summed E-state index contributed by atoms with van der Waals surface area (Å²) in [6, 6.07) is 0. The smallest absolute Gasteiger partial charge is 0.240 e. The first-order valence-corrected chi connectivity index (χ1v) is 8.17. The molecule has 1 fully saturated rings. The molecule has 1 aliphatic carbocycles. The number of hydrogen-bond donors (Lipinski definition) is 2. The standard InChI is InChI=1S/C15H25N5O.2ClH/c16-15(8-4-2-5-9-15)14(21)17-11-13-19-18-12-7-3-1-6-10-20(12)13;;/h1-11,16H2,(H,17,21);2*1H. The lowest BCUT2D eigenvalue weighted by Gasteiger charge is -2.31. The van der Waals surface area contributed by atoms with Crippen molar-refractivity contribution in [3.8, 4) is 0 Å². The van der Waals surface area contributed by atoms with E-state index < -0.39 is 5.54 Å². The highest BCUT2D eigenvalue weighted by Crippen LogP contribution is 2.26. The van der Waals surface area contributed by atoms with E-state index in [1.807, 2.05) is 0 Å². The Kier molecular flexibility index (Phi) is 7.77. The summed E-state index contributed by atoms with van der Waals surface area (Å²) in [5.41, 5.74) is 5.57. The maximum Gasteiger partial charge on any atom is 0.240 e. The van der Waals surface area contributed by atoms with Crippen molar-refractivity contribution in [3.05, 3.63) is 11.6 Å². The highest BCUT2D eigenvalue weighted by Gasteiger charge is 2.35. The Morgan fingerprint density at radius 1 is 1.09 bits per heavy atom. The first kappa shape index (κ1) is 20.2. The highest BCUT2D eigenvalue weighted by atomic mass is 35.5. The van der Waals surface area contributed by atoms with Crippen molar-refractivity contribution < 1.29 is 4.79 Å². The SMILES string of the molecule is Cl.Cl.NC1(C(=O)NCc2nnc3n2CCCCC3)CCCCC1. The van der Waals surface area contributed by atoms with Crippen molar-refractivity contribution >= 4 is 30.7 Å². The summed E-state index contributed by atoms with van der Waals surface area (Å²) in [4.78, 5) is 12.4. The topological polar surface area (TPSA) is 85.8 Å². The van der Waals surface area contributed by atoms with Gasteiger partial charge in [-0.3, -0.25) is 4.79 Å². The van der Waals surface area contributed by atoms with Crippen LogP contribution in [0, 0.1) is 0 Å². The Bertz CT molecular complexity index is 514. The molecule has 1 aliphatic heterocycles. The van der Waals surface area contributed by atoms with Crippen LogP contribution >= 0.6 is 24.8 Å². The second-order valence-corrected chi connectivity index (χ2v) is 6.39. The number of hydrogen-bond acceptors (Lipinski definition) is 4. The Labute approximate surface area is 149 Å². The molecule has 0 unspecified atom stereocenters. The van der Waals surface area contributed by atoms with Gasteiger partial charge < -0.3 is 15.6 Å². The number of aryl methyl sites for hydroxylation is 1. The molecule has 0 bridgehead atoms. The number of carbonyl (C=O) groups excluding carboxylic acids is 1. The van der Waals surface area contributed by atoms with E-state index in [2.05, 4.69) is 20.1 Å². The normalized spacial score (nSPS) is 19.5. The summed E-state index contributed by atoms with van der Waals surface area (Å²) < 4.78 is 2.16. The fourth-order valence-electron chi connectivity index (χ4n) is 3.42. The van der Waals surface area contributed by atoms with Crippen LogP contribution in [0.1, 0.15) is 63.0 Å². The molecule has 3 rings (SSSR count). The van der Waals surface area contributed by atoms with Crippen molar-refractivity contribution in [2.45, 2.75) is 76.4 Å². The maximum absolute atomic E-state index is 12.4. The number of rotatable bonds is 3. The fraction of sp³-hybridized carbons (Fsp3) is 0.800. The third-order valence-corrected chi connectivity index (χ3v) is 4.79. The van der Waals surface area contributed by atoms with Crippen molar-refractivity contribution in [1.29, 1.82) is 0 Å². The van der Waals surface area contributed by atoms with Crippen LogP contribution in [0.5, 0.6) is 0 Å². The predicted octanol–water partition coefficient (Wildman–Crippen LogP) is 2.13. The largest absolute Gasteiger partial charge is 0.347 e. The molecule has 3 N–H and O–H groups in total. The number of aromatic nitrogens is 3. The minimum absolute atomic E-state index is 0. The molecule has 1 aromatic heterocycles. The molecule has 132 valence electrons. The summed E-state index contributed by atoms with van der Waals surface area (Å²) in [7, 11) is 0. The van der Waals surface area contributed by atoms with Gasteiger partial charge in [0.25, 0.3) is 0 Å². The van der Waals surface area contributed by atoms with E-state index in [0.717, 1.165) is 56.7 Å². The van der Waals surface area contributed by atoms with E-state index in [1.54, 1.807) is 0 Å². The molecule has 0 aromatic carbocycles. The van der Waals surface area contributed by atoms with Gasteiger partial charge in [-0.25, -0.2) is 0 Å². The number of fused-ring (bicyclic) bond motifs is 1. The average Bonchev–Trinajstić information content (AvgIpc) is 2.72. The molecule has 0 saturated heterocycles. The van der Waals surface area contributed by atoms with Crippen molar-refractivity contribution in [1.82, 2.24) is 20.1 Å². The molecule has 1 amide bonds. The molecule has 8 heteroatoms. The van der Waals surface area contributed by atoms with Crippen LogP contribution in [0.4, 0.5) is 0 Å². The van der Waals surface area contributed by atoms with E-state index >= 15 is 0 Å². The number of nitrogens with two attached hydrogens (primary N) is 1. The summed E-state index contributed by atoms with van der Waals surface area (Å²) in [5.74, 6) is 1.88. The molecule has 6 nitrogen and oxygen atoms in total. The summed E-state index contributed by atoms with van der Waals surface area (Å²) in [6.45, 7) is 1.39. The van der Waals surface area contributed by atoms with Gasteiger partial charge in [0.15, 0.2) is 5.82 Å². The minimum atomic E-state index is -0.681. The van der Waals surface area contributed by atoms with Gasteiger partial charge in [0.1, 0.15) is 5.82 Å². The summed E-state index contributed by atoms with van der Waals surface area (Å²) >= 11 is 0. The molecule has 1 saturated carbocycles. The van der Waals surface area contributed by atoms with Gasteiger partial charge in [0.05, 0.1) is 12.1 Å². The van der Waals surface area contributed by atoms with Crippen LogP contribution in [0.3, 0.4) is 0 Å². The number of nitrogens with zero attached hydrogens (tertiary/aromatic N) is 3. The van der Waals surface area contributed by atoms with Gasteiger partial charge in [0.2, 0.25) is 5.91 Å². The zero-order valence-corrected chi connectivity index (χ0v) is 15.1. The molecule has 0 radical (unpaired) electrons. The van der Waals surface area contributed by atoms with Crippen LogP contribution in [0.25, 0.3) is 0 Å². The van der Waals surface area contributed by atoms with Gasteiger partial charge in [0, 0.05) is 13.0 Å². The third-order valence-electron chi connectivity index (χ3n) is 4.79. The first-order valence-electron chi connectivity index (χ1n) is 8.17. The monoisotopic (exact) mass is 363 g/mol. The van der Waals surface area contributed by atoms with Gasteiger partial charge in [-0.05, 0) is 25.7 Å². The molecule has 2 heterocycles. The lowest BCUT2D eigenvalue weighted by molar-refractivity contribution is -0.127. The number of nitrogens with one attached hydrogen (secondary N) is 1. The Morgan fingerprint density at radius 3 is 2.52 bits per heavy atom. The Morgan fingerprint density at radius 2 is 1.78 bits per heavy atom. The molecule has 23 heavy (non-hydrogen) atoms. The first-order chi connectivity index (χ1) is 10.2. The van der Waals surface area contributed by atoms with Gasteiger partial charge in [-0.1, -0.05) is 25.7 Å². The number of halogens is 2. The zero-order chi connectivity index (χ0) is 14.7. The van der Waals surface area contributed by atoms with E-state index in [0.29, 0.717) is 6.54 Å². The molecule has 2 aliphatic rings. The van der Waals surface area contributed by atoms with Crippen LogP contribution in [-0.2, 0) is 24.3 Å². The van der Waals surface area contributed by atoms with Gasteiger partial charge >= 0.3 is 0 Å². The highest BCUT2D eigenvalue weighted by molar-refractivity contribution is 5.86. The second kappa shape index (κ2) is 8.85. The minimum Gasteiger partial charge on any atom is -0.347 e. The van der Waals surface area contributed by atoms with Crippen molar-refractivity contribution in [2.24, 2.45) is 5.73 Å². The lowest BCUT2D eigenvalue weighted by atomic mass is 9.82. The van der Waals surface area contributed by atoms with E-state index in [4.69, 9.17) is 5.73 Å². The molecule has 0 atom stereocenters. The quantitative estimate of drug-likeness (QED) is 0.860. The van der Waals surface area contributed by atoms with E-state index in [1.165, 1.54) is 19.3 Å². The maximum atomic E-state index is 12.4. The van der Waals surface area contributed by atoms with Crippen LogP contribution in [0.2, 0.25) is 0 Å². The zero-order valence-electron chi connectivity index (χ0n) is 13.4. The molecular formula is C15H27Cl2N5O. The van der Waals surface area contributed by atoms with Crippen LogP contribution in [-0.4, -0.2) is 26.2 Å². The molecular weight excluding hydrogens is 337 g/mol. The van der Waals surface area contributed by atoms with Crippen LogP contribution in [0.15, 0.2) is 0 Å². The van der Waals surface area contributed by atoms with Gasteiger partial charge in [-0.2, -0.15) is 0 Å². The summed E-state index contributed by atoms with van der Waals surface area (Å²) in [6.07, 6.45) is 9.41. The Hall–Kier alpha value is -0.850. The number of amides is 1.